The van der Waals surface area contributed by atoms with Crippen molar-refractivity contribution in [1.82, 2.24) is 0 Å². The molecular weight excluding hydrogens is 216 g/mol. The highest BCUT2D eigenvalue weighted by molar-refractivity contribution is 5.85. The molecule has 1 saturated carbocycles. The van der Waals surface area contributed by atoms with Crippen LogP contribution in [0.2, 0.25) is 0 Å². The molecule has 0 radical (unpaired) electrons. The van der Waals surface area contributed by atoms with Gasteiger partial charge in [0.15, 0.2) is 0 Å². The molecular formula is C14H16O3. The fourth-order valence-electron chi connectivity index (χ4n) is 2.31. The summed E-state index contributed by atoms with van der Waals surface area (Å²) in [5.74, 6) is 0.565. The molecule has 3 rings (SSSR count). The van der Waals surface area contributed by atoms with Crippen molar-refractivity contribution in [2.75, 3.05) is 6.61 Å². The molecule has 1 aromatic rings. The van der Waals surface area contributed by atoms with Gasteiger partial charge in [-0.1, -0.05) is 30.3 Å². The Morgan fingerprint density at radius 3 is 2.88 bits per heavy atom. The molecule has 1 aromatic carbocycles. The van der Waals surface area contributed by atoms with E-state index < -0.39 is 0 Å². The Morgan fingerprint density at radius 1 is 1.29 bits per heavy atom. The second-order valence-electron chi connectivity index (χ2n) is 4.81. The zero-order chi connectivity index (χ0) is 11.7. The first-order valence-electron chi connectivity index (χ1n) is 6.13. The molecule has 1 aliphatic carbocycles. The van der Waals surface area contributed by atoms with E-state index in [0.717, 1.165) is 12.0 Å². The van der Waals surface area contributed by atoms with Crippen LogP contribution in [-0.4, -0.2) is 24.6 Å². The molecule has 17 heavy (non-hydrogen) atoms. The van der Waals surface area contributed by atoms with Crippen molar-refractivity contribution in [1.29, 1.82) is 0 Å². The fraction of sp³-hybridized carbons (Fsp3) is 0.500. The van der Waals surface area contributed by atoms with Gasteiger partial charge in [0.2, 0.25) is 0 Å². The fourth-order valence-corrected chi connectivity index (χ4v) is 2.31. The standard InChI is InChI=1S/C14H16O3/c15-13-6-11(17-14-7-12(13)14)9-16-8-10-4-2-1-3-5-10/h1-5,11-12,14H,6-9H2. The Kier molecular flexibility index (Phi) is 2.95. The van der Waals surface area contributed by atoms with Gasteiger partial charge in [-0.15, -0.1) is 0 Å². The Morgan fingerprint density at radius 2 is 2.12 bits per heavy atom. The van der Waals surface area contributed by atoms with Crippen LogP contribution in [-0.2, 0) is 20.9 Å². The third kappa shape index (κ3) is 2.56. The van der Waals surface area contributed by atoms with E-state index in [1.54, 1.807) is 0 Å². The zero-order valence-electron chi connectivity index (χ0n) is 9.67. The van der Waals surface area contributed by atoms with E-state index in [-0.39, 0.29) is 18.1 Å². The number of carbonyl (C=O) groups excluding carboxylic acids is 1. The largest absolute Gasteiger partial charge is 0.374 e. The quantitative estimate of drug-likeness (QED) is 0.796. The lowest BCUT2D eigenvalue weighted by atomic mass is 10.1. The number of carbonyl (C=O) groups is 1. The number of rotatable bonds is 4. The summed E-state index contributed by atoms with van der Waals surface area (Å²) in [6.45, 7) is 1.10. The second-order valence-corrected chi connectivity index (χ2v) is 4.81. The van der Waals surface area contributed by atoms with Crippen molar-refractivity contribution < 1.29 is 14.3 Å². The van der Waals surface area contributed by atoms with Crippen molar-refractivity contribution in [3.63, 3.8) is 0 Å². The van der Waals surface area contributed by atoms with Crippen LogP contribution in [0.3, 0.4) is 0 Å². The normalized spacial score (nSPS) is 31.1. The first kappa shape index (κ1) is 10.9. The summed E-state index contributed by atoms with van der Waals surface area (Å²) in [5.41, 5.74) is 1.15. The first-order valence-corrected chi connectivity index (χ1v) is 6.13. The molecule has 2 fully saturated rings. The van der Waals surface area contributed by atoms with Gasteiger partial charge in [0.1, 0.15) is 5.78 Å². The number of ketones is 1. The van der Waals surface area contributed by atoms with Crippen LogP contribution in [0.1, 0.15) is 18.4 Å². The summed E-state index contributed by atoms with van der Waals surface area (Å²) in [5, 5.41) is 0. The first-order chi connectivity index (χ1) is 8.33. The molecule has 0 spiro atoms. The van der Waals surface area contributed by atoms with Crippen LogP contribution in [0.5, 0.6) is 0 Å². The highest BCUT2D eigenvalue weighted by Gasteiger charge is 2.49. The third-order valence-corrected chi connectivity index (χ3v) is 3.36. The number of benzene rings is 1. The molecule has 1 saturated heterocycles. The van der Waals surface area contributed by atoms with Gasteiger partial charge in [-0.2, -0.15) is 0 Å². The van der Waals surface area contributed by atoms with E-state index in [9.17, 15) is 4.79 Å². The summed E-state index contributed by atoms with van der Waals surface area (Å²) in [7, 11) is 0. The van der Waals surface area contributed by atoms with Crippen molar-refractivity contribution >= 4 is 5.78 Å². The van der Waals surface area contributed by atoms with E-state index in [4.69, 9.17) is 9.47 Å². The number of hydrogen-bond donors (Lipinski definition) is 0. The van der Waals surface area contributed by atoms with Gasteiger partial charge in [0.25, 0.3) is 0 Å². The van der Waals surface area contributed by atoms with Gasteiger partial charge < -0.3 is 9.47 Å². The van der Waals surface area contributed by atoms with E-state index in [1.807, 2.05) is 30.3 Å². The van der Waals surface area contributed by atoms with Gasteiger partial charge in [-0.05, 0) is 12.0 Å². The van der Waals surface area contributed by atoms with Crippen molar-refractivity contribution in [2.24, 2.45) is 5.92 Å². The van der Waals surface area contributed by atoms with Gasteiger partial charge >= 0.3 is 0 Å². The lowest BCUT2D eigenvalue weighted by Gasteiger charge is -2.21. The number of Topliss-reactive ketones (excluding diaryl/α,β-unsaturated/α-hetero) is 1. The Balaban J connectivity index is 1.44. The molecule has 90 valence electrons. The smallest absolute Gasteiger partial charge is 0.141 e. The molecule has 0 amide bonds. The van der Waals surface area contributed by atoms with Crippen molar-refractivity contribution in [3.05, 3.63) is 35.9 Å². The molecule has 3 nitrogen and oxygen atoms in total. The van der Waals surface area contributed by atoms with Gasteiger partial charge in [0.05, 0.1) is 25.4 Å². The van der Waals surface area contributed by atoms with Crippen LogP contribution < -0.4 is 0 Å². The van der Waals surface area contributed by atoms with Crippen LogP contribution in [0.15, 0.2) is 30.3 Å². The summed E-state index contributed by atoms with van der Waals surface area (Å²) in [6.07, 6.45) is 1.61. The second kappa shape index (κ2) is 4.59. The van der Waals surface area contributed by atoms with Crippen LogP contribution in [0.25, 0.3) is 0 Å². The van der Waals surface area contributed by atoms with Gasteiger partial charge in [0, 0.05) is 12.3 Å². The highest BCUT2D eigenvalue weighted by atomic mass is 16.5. The van der Waals surface area contributed by atoms with Crippen LogP contribution in [0, 0.1) is 5.92 Å². The SMILES string of the molecule is O=C1CC(COCc2ccccc2)OC2CC12. The topological polar surface area (TPSA) is 35.5 Å². The van der Waals surface area contributed by atoms with Crippen molar-refractivity contribution in [2.45, 2.75) is 31.7 Å². The molecule has 3 unspecified atom stereocenters. The molecule has 3 heteroatoms. The summed E-state index contributed by atoms with van der Waals surface area (Å²) in [4.78, 5) is 11.5. The van der Waals surface area contributed by atoms with E-state index in [0.29, 0.717) is 25.4 Å². The summed E-state index contributed by atoms with van der Waals surface area (Å²) in [6, 6.07) is 10.0. The van der Waals surface area contributed by atoms with E-state index in [2.05, 4.69) is 0 Å². The average molecular weight is 232 g/mol. The summed E-state index contributed by atoms with van der Waals surface area (Å²) >= 11 is 0. The molecule has 2 aliphatic rings. The minimum absolute atomic E-state index is 0.0324. The highest BCUT2D eigenvalue weighted by Crippen LogP contribution is 2.40. The van der Waals surface area contributed by atoms with Gasteiger partial charge in [-0.3, -0.25) is 4.79 Å². The van der Waals surface area contributed by atoms with Crippen LogP contribution in [0.4, 0.5) is 0 Å². The molecule has 0 aromatic heterocycles. The minimum atomic E-state index is -0.0324. The van der Waals surface area contributed by atoms with E-state index in [1.165, 1.54) is 0 Å². The average Bonchev–Trinajstić information content (AvgIpc) is 3.10. The van der Waals surface area contributed by atoms with E-state index >= 15 is 0 Å². The van der Waals surface area contributed by atoms with Crippen LogP contribution >= 0.6 is 0 Å². The Labute approximate surface area is 101 Å². The zero-order valence-corrected chi connectivity index (χ0v) is 9.67. The third-order valence-electron chi connectivity index (χ3n) is 3.36. The Hall–Kier alpha value is -1.19. The maximum absolute atomic E-state index is 11.5. The minimum Gasteiger partial charge on any atom is -0.374 e. The predicted octanol–water partition coefficient (Wildman–Crippen LogP) is 1.95. The van der Waals surface area contributed by atoms with Crippen molar-refractivity contribution in [3.8, 4) is 0 Å². The molecule has 1 aliphatic heterocycles. The number of ether oxygens (including phenoxy) is 2. The molecule has 3 atom stereocenters. The molecule has 0 bridgehead atoms. The molecule has 1 heterocycles. The molecule has 0 N–H and O–H groups in total. The maximum atomic E-state index is 11.5. The number of hydrogen-bond acceptors (Lipinski definition) is 3. The monoisotopic (exact) mass is 232 g/mol. The lowest BCUT2D eigenvalue weighted by Crippen LogP contribution is -2.30. The van der Waals surface area contributed by atoms with Gasteiger partial charge in [-0.25, -0.2) is 0 Å². The lowest BCUT2D eigenvalue weighted by molar-refractivity contribution is -0.132. The number of fused-ring (bicyclic) bond motifs is 1. The predicted molar refractivity (Wildman–Crippen MR) is 62.5 cm³/mol. The Bertz CT molecular complexity index is 401. The summed E-state index contributed by atoms with van der Waals surface area (Å²) < 4.78 is 11.3. The maximum Gasteiger partial charge on any atom is 0.141 e.